The van der Waals surface area contributed by atoms with E-state index in [-0.39, 0.29) is 0 Å². The van der Waals surface area contributed by atoms with Crippen molar-refractivity contribution >= 4 is 14.5 Å². The van der Waals surface area contributed by atoms with Gasteiger partial charge in [-0.15, -0.1) is 0 Å². The van der Waals surface area contributed by atoms with Gasteiger partial charge in [0.15, 0.2) is 34.9 Å². The Labute approximate surface area is 140 Å². The second-order valence-corrected chi connectivity index (χ2v) is 6.50. The number of benzene rings is 2. The predicted molar refractivity (Wildman–Crippen MR) is 78.8 cm³/mol. The highest BCUT2D eigenvalue weighted by atomic mass is 31.0. The maximum absolute atomic E-state index is 14.4. The van der Waals surface area contributed by atoms with Gasteiger partial charge in [0.1, 0.15) is 5.82 Å². The molecular formula is C16H11F8P. The van der Waals surface area contributed by atoms with Crippen molar-refractivity contribution in [3.05, 3.63) is 63.2 Å². The fourth-order valence-corrected chi connectivity index (χ4v) is 3.17. The maximum atomic E-state index is 14.4. The van der Waals surface area contributed by atoms with Gasteiger partial charge in [0, 0.05) is 21.8 Å². The standard InChI is InChI=1S/C16H11F8P/c1-4-5(8(18)14(24)15(25)7(4)17)16(2,3)6-9(19)11(21)13(23)12(22)10(6)20/h25H2,1-3H3. The average Bonchev–Trinajstić information content (AvgIpc) is 2.54. The highest BCUT2D eigenvalue weighted by Gasteiger charge is 2.40. The molecule has 0 fully saturated rings. The molecule has 1 unspecified atom stereocenters. The fourth-order valence-electron chi connectivity index (χ4n) is 2.82. The number of rotatable bonds is 2. The van der Waals surface area contributed by atoms with Gasteiger partial charge in [0.2, 0.25) is 5.82 Å². The molecule has 0 amide bonds. The zero-order chi connectivity index (χ0) is 19.4. The van der Waals surface area contributed by atoms with Crippen molar-refractivity contribution in [1.82, 2.24) is 0 Å². The predicted octanol–water partition coefficient (Wildman–Crippen LogP) is 4.93. The van der Waals surface area contributed by atoms with Crippen molar-refractivity contribution in [2.24, 2.45) is 0 Å². The zero-order valence-electron chi connectivity index (χ0n) is 13.1. The summed E-state index contributed by atoms with van der Waals surface area (Å²) in [4.78, 5) is 0. The molecule has 0 heterocycles. The Balaban J connectivity index is 2.96. The summed E-state index contributed by atoms with van der Waals surface area (Å²) in [6, 6.07) is 0. The summed E-state index contributed by atoms with van der Waals surface area (Å²) < 4.78 is 111. The van der Waals surface area contributed by atoms with Crippen LogP contribution in [0.15, 0.2) is 0 Å². The highest BCUT2D eigenvalue weighted by Crippen LogP contribution is 2.41. The van der Waals surface area contributed by atoms with Crippen molar-refractivity contribution in [1.29, 1.82) is 0 Å². The topological polar surface area (TPSA) is 0 Å². The van der Waals surface area contributed by atoms with Gasteiger partial charge in [0.05, 0.1) is 0 Å². The third-order valence-electron chi connectivity index (χ3n) is 4.05. The Morgan fingerprint density at radius 2 is 0.920 bits per heavy atom. The molecule has 0 aromatic heterocycles. The molecule has 0 aliphatic carbocycles. The van der Waals surface area contributed by atoms with Gasteiger partial charge in [-0.25, -0.2) is 35.1 Å². The van der Waals surface area contributed by atoms with E-state index in [1.165, 1.54) is 0 Å². The minimum absolute atomic E-state index is 0.516. The molecular weight excluding hydrogens is 375 g/mol. The van der Waals surface area contributed by atoms with E-state index in [4.69, 9.17) is 0 Å². The van der Waals surface area contributed by atoms with Crippen LogP contribution in [0.25, 0.3) is 0 Å². The molecule has 0 spiro atoms. The monoisotopic (exact) mass is 386 g/mol. The average molecular weight is 386 g/mol. The minimum Gasteiger partial charge on any atom is -0.206 e. The Morgan fingerprint density at radius 1 is 0.560 bits per heavy atom. The molecule has 2 rings (SSSR count). The third-order valence-corrected chi connectivity index (χ3v) is 4.56. The molecule has 0 saturated carbocycles. The molecule has 0 radical (unpaired) electrons. The summed E-state index contributed by atoms with van der Waals surface area (Å²) in [5.41, 5.74) is -5.02. The quantitative estimate of drug-likeness (QED) is 0.297. The van der Waals surface area contributed by atoms with E-state index < -0.39 is 73.9 Å². The summed E-state index contributed by atoms with van der Waals surface area (Å²) in [5.74, 6) is -15.7. The van der Waals surface area contributed by atoms with Crippen molar-refractivity contribution in [2.45, 2.75) is 26.2 Å². The summed E-state index contributed by atoms with van der Waals surface area (Å²) in [6.45, 7) is 2.81. The van der Waals surface area contributed by atoms with E-state index in [1.54, 1.807) is 9.24 Å². The molecule has 25 heavy (non-hydrogen) atoms. The first-order valence-electron chi connectivity index (χ1n) is 6.80. The number of hydrogen-bond acceptors (Lipinski definition) is 0. The van der Waals surface area contributed by atoms with E-state index in [0.29, 0.717) is 0 Å². The first kappa shape index (κ1) is 19.6. The van der Waals surface area contributed by atoms with Crippen LogP contribution in [0.1, 0.15) is 30.5 Å². The van der Waals surface area contributed by atoms with Crippen LogP contribution in [0, 0.1) is 53.5 Å². The smallest absolute Gasteiger partial charge is 0.200 e. The minimum atomic E-state index is -2.38. The van der Waals surface area contributed by atoms with E-state index in [0.717, 1.165) is 20.8 Å². The molecule has 0 aliphatic rings. The summed E-state index contributed by atoms with van der Waals surface area (Å²) >= 11 is 0. The molecule has 136 valence electrons. The van der Waals surface area contributed by atoms with Crippen LogP contribution in [0.3, 0.4) is 0 Å². The van der Waals surface area contributed by atoms with Gasteiger partial charge in [-0.2, -0.15) is 0 Å². The van der Waals surface area contributed by atoms with Gasteiger partial charge >= 0.3 is 0 Å². The molecule has 2 aromatic carbocycles. The second kappa shape index (κ2) is 6.24. The highest BCUT2D eigenvalue weighted by molar-refractivity contribution is 7.27. The lowest BCUT2D eigenvalue weighted by atomic mass is 9.75. The molecule has 9 heteroatoms. The van der Waals surface area contributed by atoms with E-state index in [1.807, 2.05) is 0 Å². The third kappa shape index (κ3) is 2.71. The van der Waals surface area contributed by atoms with Gasteiger partial charge in [-0.05, 0) is 12.5 Å². The Hall–Kier alpha value is -1.69. The van der Waals surface area contributed by atoms with Crippen LogP contribution in [0.2, 0.25) is 0 Å². The van der Waals surface area contributed by atoms with Crippen LogP contribution in [0.4, 0.5) is 35.1 Å². The molecule has 1 atom stereocenters. The summed E-state index contributed by atoms with van der Waals surface area (Å²) in [5, 5.41) is -0.744. The van der Waals surface area contributed by atoms with Crippen LogP contribution in [-0.2, 0) is 5.41 Å². The SMILES string of the molecule is Cc1c(F)c(P)c(F)c(F)c1C(C)(C)c1c(F)c(F)c(F)c(F)c1F. The maximum Gasteiger partial charge on any atom is 0.200 e. The largest absolute Gasteiger partial charge is 0.206 e. The van der Waals surface area contributed by atoms with Crippen LogP contribution < -0.4 is 5.30 Å². The van der Waals surface area contributed by atoms with Gasteiger partial charge < -0.3 is 0 Å². The van der Waals surface area contributed by atoms with Gasteiger partial charge in [-0.1, -0.05) is 23.1 Å². The Morgan fingerprint density at radius 3 is 1.36 bits per heavy atom. The first-order valence-corrected chi connectivity index (χ1v) is 7.38. The summed E-state index contributed by atoms with van der Waals surface area (Å²) in [7, 11) is 1.64. The van der Waals surface area contributed by atoms with E-state index in [2.05, 4.69) is 0 Å². The van der Waals surface area contributed by atoms with Gasteiger partial charge in [0.25, 0.3) is 0 Å². The lowest BCUT2D eigenvalue weighted by Gasteiger charge is -2.30. The van der Waals surface area contributed by atoms with Crippen molar-refractivity contribution in [3.63, 3.8) is 0 Å². The molecule has 0 N–H and O–H groups in total. The molecule has 0 bridgehead atoms. The van der Waals surface area contributed by atoms with Crippen LogP contribution in [0.5, 0.6) is 0 Å². The van der Waals surface area contributed by atoms with Crippen molar-refractivity contribution in [3.8, 4) is 0 Å². The van der Waals surface area contributed by atoms with Crippen molar-refractivity contribution in [2.75, 3.05) is 0 Å². The first-order chi connectivity index (χ1) is 11.4. The van der Waals surface area contributed by atoms with Crippen LogP contribution >= 0.6 is 9.24 Å². The molecule has 0 aliphatic heterocycles. The summed E-state index contributed by atoms with van der Waals surface area (Å²) in [6.07, 6.45) is 0. The number of hydrogen-bond donors (Lipinski definition) is 0. The molecule has 2 aromatic rings. The Kier molecular flexibility index (Phi) is 4.90. The number of halogens is 8. The van der Waals surface area contributed by atoms with Gasteiger partial charge in [-0.3, -0.25) is 0 Å². The van der Waals surface area contributed by atoms with E-state index >= 15 is 0 Å². The van der Waals surface area contributed by atoms with Crippen molar-refractivity contribution < 1.29 is 35.1 Å². The van der Waals surface area contributed by atoms with Crippen LogP contribution in [-0.4, -0.2) is 0 Å². The second-order valence-electron chi connectivity index (χ2n) is 5.93. The Bertz CT molecular complexity index is 759. The lowest BCUT2D eigenvalue weighted by Crippen LogP contribution is -2.30. The zero-order valence-corrected chi connectivity index (χ0v) is 14.3. The van der Waals surface area contributed by atoms with E-state index in [9.17, 15) is 35.1 Å². The molecule has 0 saturated heterocycles. The fraction of sp³-hybridized carbons (Fsp3) is 0.250. The molecule has 0 nitrogen and oxygen atoms in total. The lowest BCUT2D eigenvalue weighted by molar-refractivity contribution is 0.353. The normalized spacial score (nSPS) is 12.0.